The van der Waals surface area contributed by atoms with Crippen molar-refractivity contribution in [3.05, 3.63) is 78.3 Å². The number of fused-ring (bicyclic) bond motifs is 1. The molecule has 168 valence electrons. The van der Waals surface area contributed by atoms with Crippen molar-refractivity contribution in [2.75, 3.05) is 19.6 Å². The van der Waals surface area contributed by atoms with Crippen molar-refractivity contribution in [1.82, 2.24) is 19.7 Å². The molecule has 0 unspecified atom stereocenters. The Morgan fingerprint density at radius 1 is 1.06 bits per heavy atom. The quantitative estimate of drug-likeness (QED) is 0.365. The van der Waals surface area contributed by atoms with E-state index in [4.69, 9.17) is 13.9 Å². The molecule has 0 spiro atoms. The van der Waals surface area contributed by atoms with E-state index in [2.05, 4.69) is 10.2 Å². The minimum absolute atomic E-state index is 0.0182. The number of thioether (sulfide) groups is 1. The average Bonchev–Trinajstić information content (AvgIpc) is 3.59. The highest BCUT2D eigenvalue weighted by atomic mass is 32.2. The lowest BCUT2D eigenvalue weighted by molar-refractivity contribution is -0.127. The Morgan fingerprint density at radius 3 is 2.73 bits per heavy atom. The Hall–Kier alpha value is -3.72. The average molecular weight is 463 g/mol. The molecule has 33 heavy (non-hydrogen) atoms. The molecule has 0 N–H and O–H groups in total. The van der Waals surface area contributed by atoms with Crippen LogP contribution < -0.4 is 9.47 Å². The number of benzene rings is 2. The van der Waals surface area contributed by atoms with Gasteiger partial charge >= 0.3 is 0 Å². The molecule has 4 aromatic rings. The van der Waals surface area contributed by atoms with E-state index in [0.29, 0.717) is 18.2 Å². The summed E-state index contributed by atoms with van der Waals surface area (Å²) in [5, 5.41) is 9.51. The zero-order valence-corrected chi connectivity index (χ0v) is 18.8. The first kappa shape index (κ1) is 21.1. The van der Waals surface area contributed by atoms with Gasteiger partial charge in [0.15, 0.2) is 22.5 Å². The molecule has 8 nitrogen and oxygen atoms in total. The predicted octanol–water partition coefficient (Wildman–Crippen LogP) is 4.07. The van der Waals surface area contributed by atoms with Gasteiger partial charge in [-0.05, 0) is 29.8 Å². The lowest BCUT2D eigenvalue weighted by Crippen LogP contribution is -2.27. The van der Waals surface area contributed by atoms with E-state index in [-0.39, 0.29) is 18.5 Å². The van der Waals surface area contributed by atoms with Crippen LogP contribution in [-0.4, -0.2) is 45.2 Å². The van der Waals surface area contributed by atoms with E-state index < -0.39 is 0 Å². The van der Waals surface area contributed by atoms with Crippen molar-refractivity contribution < 1.29 is 18.7 Å². The van der Waals surface area contributed by atoms with Gasteiger partial charge < -0.3 is 18.8 Å². The molecule has 0 atom stereocenters. The number of ether oxygens (including phenoxy) is 2. The third-order valence-electron chi connectivity index (χ3n) is 5.25. The lowest BCUT2D eigenvalue weighted by Gasteiger charge is -2.16. The second kappa shape index (κ2) is 9.41. The molecule has 0 aliphatic carbocycles. The summed E-state index contributed by atoms with van der Waals surface area (Å²) in [7, 11) is 1.76. The zero-order chi connectivity index (χ0) is 22.6. The van der Waals surface area contributed by atoms with Gasteiger partial charge in [-0.3, -0.25) is 9.36 Å². The number of rotatable bonds is 8. The number of hydrogen-bond donors (Lipinski definition) is 0. The van der Waals surface area contributed by atoms with Gasteiger partial charge in [-0.1, -0.05) is 48.2 Å². The van der Waals surface area contributed by atoms with E-state index in [1.165, 1.54) is 11.8 Å². The molecule has 1 amide bonds. The molecule has 0 saturated carbocycles. The molecule has 9 heteroatoms. The topological polar surface area (TPSA) is 82.6 Å². The predicted molar refractivity (Wildman–Crippen MR) is 123 cm³/mol. The molecule has 0 fully saturated rings. The second-order valence-corrected chi connectivity index (χ2v) is 8.51. The Balaban J connectivity index is 1.36. The maximum atomic E-state index is 12.7. The molecule has 1 aliphatic rings. The highest BCUT2D eigenvalue weighted by molar-refractivity contribution is 7.99. The van der Waals surface area contributed by atoms with Crippen LogP contribution in [0.4, 0.5) is 0 Å². The Kier molecular flexibility index (Phi) is 6.03. The fourth-order valence-electron chi connectivity index (χ4n) is 3.52. The summed E-state index contributed by atoms with van der Waals surface area (Å²) in [5.74, 6) is 3.18. The summed E-state index contributed by atoms with van der Waals surface area (Å²) in [4.78, 5) is 14.3. The minimum atomic E-state index is -0.0182. The SMILES string of the molecule is CN(Cc1ccco1)C(=O)CSc1nnc(-c2ccccc2)n1Cc1ccc2c(c1)OCO2. The van der Waals surface area contributed by atoms with Crippen LogP contribution in [0.1, 0.15) is 11.3 Å². The maximum absolute atomic E-state index is 12.7. The zero-order valence-electron chi connectivity index (χ0n) is 18.0. The Labute approximate surface area is 195 Å². The molecule has 1 aliphatic heterocycles. The summed E-state index contributed by atoms with van der Waals surface area (Å²) in [5.41, 5.74) is 1.98. The highest BCUT2D eigenvalue weighted by Crippen LogP contribution is 2.33. The first-order valence-electron chi connectivity index (χ1n) is 10.4. The summed E-state index contributed by atoms with van der Waals surface area (Å²) >= 11 is 1.37. The highest BCUT2D eigenvalue weighted by Gasteiger charge is 2.19. The minimum Gasteiger partial charge on any atom is -0.467 e. The number of furan rings is 1. The largest absolute Gasteiger partial charge is 0.467 e. The number of amides is 1. The molecule has 0 radical (unpaired) electrons. The van der Waals surface area contributed by atoms with Crippen LogP contribution in [0.5, 0.6) is 11.5 Å². The second-order valence-electron chi connectivity index (χ2n) is 7.56. The molecule has 2 aromatic heterocycles. The summed E-state index contributed by atoms with van der Waals surface area (Å²) in [6, 6.07) is 19.4. The van der Waals surface area contributed by atoms with E-state index in [9.17, 15) is 4.79 Å². The monoisotopic (exact) mass is 462 g/mol. The molecular formula is C24H22N4O4S. The number of carbonyl (C=O) groups excluding carboxylic acids is 1. The standard InChI is InChI=1S/C24H22N4O4S/c1-27(14-19-8-5-11-30-19)22(29)15-33-24-26-25-23(18-6-3-2-4-7-18)28(24)13-17-9-10-20-21(12-17)32-16-31-20/h2-12H,13-16H2,1H3. The van der Waals surface area contributed by atoms with Crippen LogP contribution in [0.25, 0.3) is 11.4 Å². The van der Waals surface area contributed by atoms with E-state index in [0.717, 1.165) is 34.2 Å². The van der Waals surface area contributed by atoms with Gasteiger partial charge in [-0.2, -0.15) is 0 Å². The summed E-state index contributed by atoms with van der Waals surface area (Å²) < 4.78 is 18.3. The molecule has 0 saturated heterocycles. The Bertz CT molecular complexity index is 1240. The maximum Gasteiger partial charge on any atom is 0.233 e. The normalized spacial score (nSPS) is 12.2. The fourth-order valence-corrected chi connectivity index (χ4v) is 4.40. The molecule has 2 aromatic carbocycles. The third kappa shape index (κ3) is 4.73. The lowest BCUT2D eigenvalue weighted by atomic mass is 10.2. The van der Waals surface area contributed by atoms with Gasteiger partial charge in [0.2, 0.25) is 12.7 Å². The van der Waals surface area contributed by atoms with Gasteiger partial charge in [-0.25, -0.2) is 0 Å². The van der Waals surface area contributed by atoms with Crippen molar-refractivity contribution in [2.45, 2.75) is 18.2 Å². The molecule has 0 bridgehead atoms. The summed E-state index contributed by atoms with van der Waals surface area (Å²) in [6.07, 6.45) is 1.60. The van der Waals surface area contributed by atoms with E-state index in [1.54, 1.807) is 18.2 Å². The first-order chi connectivity index (χ1) is 16.2. The van der Waals surface area contributed by atoms with Crippen LogP contribution in [-0.2, 0) is 17.9 Å². The molecular weight excluding hydrogens is 440 g/mol. The van der Waals surface area contributed by atoms with Crippen LogP contribution in [0, 0.1) is 0 Å². The Morgan fingerprint density at radius 2 is 1.91 bits per heavy atom. The van der Waals surface area contributed by atoms with Crippen LogP contribution in [0.15, 0.2) is 76.5 Å². The van der Waals surface area contributed by atoms with Gasteiger partial charge in [0, 0.05) is 12.6 Å². The first-order valence-corrected chi connectivity index (χ1v) is 11.4. The molecule has 3 heterocycles. The summed E-state index contributed by atoms with van der Waals surface area (Å²) in [6.45, 7) is 1.19. The fraction of sp³-hybridized carbons (Fsp3) is 0.208. The van der Waals surface area contributed by atoms with Gasteiger partial charge in [0.25, 0.3) is 0 Å². The van der Waals surface area contributed by atoms with Crippen molar-refractivity contribution in [3.63, 3.8) is 0 Å². The number of aromatic nitrogens is 3. The van der Waals surface area contributed by atoms with Crippen molar-refractivity contribution in [2.24, 2.45) is 0 Å². The smallest absolute Gasteiger partial charge is 0.233 e. The van der Waals surface area contributed by atoms with Crippen molar-refractivity contribution in [3.8, 4) is 22.9 Å². The van der Waals surface area contributed by atoms with Crippen molar-refractivity contribution >= 4 is 17.7 Å². The number of nitrogens with zero attached hydrogens (tertiary/aromatic N) is 4. The number of hydrogen-bond acceptors (Lipinski definition) is 7. The number of carbonyl (C=O) groups is 1. The van der Waals surface area contributed by atoms with Crippen LogP contribution >= 0.6 is 11.8 Å². The third-order valence-corrected chi connectivity index (χ3v) is 6.20. The van der Waals surface area contributed by atoms with Crippen molar-refractivity contribution in [1.29, 1.82) is 0 Å². The van der Waals surface area contributed by atoms with Gasteiger partial charge in [-0.15, -0.1) is 10.2 Å². The van der Waals surface area contributed by atoms with Crippen LogP contribution in [0.2, 0.25) is 0 Å². The van der Waals surface area contributed by atoms with Gasteiger partial charge in [0.1, 0.15) is 5.76 Å². The molecule has 5 rings (SSSR count). The van der Waals surface area contributed by atoms with Gasteiger partial charge in [0.05, 0.1) is 25.1 Å². The van der Waals surface area contributed by atoms with E-state index >= 15 is 0 Å². The van der Waals surface area contributed by atoms with Crippen LogP contribution in [0.3, 0.4) is 0 Å². The van der Waals surface area contributed by atoms with E-state index in [1.807, 2.05) is 65.2 Å².